The van der Waals surface area contributed by atoms with Crippen LogP contribution < -0.4 is 26.8 Å². The Balaban J connectivity index is 2.17. The summed E-state index contributed by atoms with van der Waals surface area (Å²) in [5, 5.41) is 12.3. The Hall–Kier alpha value is -2.55. The van der Waals surface area contributed by atoms with Crippen LogP contribution in [0.15, 0.2) is 9.59 Å². The Kier molecular flexibility index (Phi) is 4.18. The SMILES string of the molecule is Cn1c(=O)c(=O)n(C)c2c1=CC(=[NH+]CC1CCCO1)C([N+](=O)[O-])C=2. The first-order valence-corrected chi connectivity index (χ1v) is 7.75. The molecule has 2 aliphatic rings. The van der Waals surface area contributed by atoms with Gasteiger partial charge in [-0.2, -0.15) is 0 Å². The van der Waals surface area contributed by atoms with E-state index in [4.69, 9.17) is 4.74 Å². The van der Waals surface area contributed by atoms with Crippen molar-refractivity contribution >= 4 is 17.9 Å². The van der Waals surface area contributed by atoms with E-state index < -0.39 is 22.1 Å². The molecule has 0 amide bonds. The van der Waals surface area contributed by atoms with Crippen molar-refractivity contribution < 1.29 is 14.7 Å². The number of fused-ring (bicyclic) bond motifs is 1. The van der Waals surface area contributed by atoms with Crippen molar-refractivity contribution in [3.63, 3.8) is 0 Å². The quantitative estimate of drug-likeness (QED) is 0.344. The highest BCUT2D eigenvalue weighted by molar-refractivity contribution is 6.12. The van der Waals surface area contributed by atoms with Crippen molar-refractivity contribution in [1.29, 1.82) is 0 Å². The molecule has 2 atom stereocenters. The van der Waals surface area contributed by atoms with Gasteiger partial charge >= 0.3 is 17.2 Å². The first kappa shape index (κ1) is 16.3. The predicted octanol–water partition coefficient (Wildman–Crippen LogP) is -4.00. The van der Waals surface area contributed by atoms with Gasteiger partial charge in [0.25, 0.3) is 5.71 Å². The van der Waals surface area contributed by atoms with Crippen LogP contribution in [0.25, 0.3) is 12.2 Å². The number of hydrogen-bond acceptors (Lipinski definition) is 5. The number of rotatable bonds is 3. The lowest BCUT2D eigenvalue weighted by atomic mass is 10.1. The van der Waals surface area contributed by atoms with Crippen LogP contribution in [0, 0.1) is 10.1 Å². The predicted molar refractivity (Wildman–Crippen MR) is 85.7 cm³/mol. The number of nitrogens with one attached hydrogen (secondary N) is 1. The van der Waals surface area contributed by atoms with Crippen molar-refractivity contribution in [2.24, 2.45) is 14.1 Å². The Labute approximate surface area is 136 Å². The molecular weight excluding hydrogens is 316 g/mol. The minimum absolute atomic E-state index is 0.0312. The molecular formula is C15H19N4O5+. The highest BCUT2D eigenvalue weighted by atomic mass is 16.6. The van der Waals surface area contributed by atoms with Crippen molar-refractivity contribution in [2.45, 2.75) is 25.0 Å². The van der Waals surface area contributed by atoms with E-state index in [1.165, 1.54) is 24.7 Å². The second-order valence-electron chi connectivity index (χ2n) is 6.01. The van der Waals surface area contributed by atoms with Crippen molar-refractivity contribution in [3.05, 3.63) is 41.5 Å². The van der Waals surface area contributed by atoms with E-state index >= 15 is 0 Å². The lowest BCUT2D eigenvalue weighted by Crippen LogP contribution is -2.78. The molecule has 1 aliphatic carbocycles. The normalized spacial score (nSPS) is 24.3. The molecule has 1 aliphatic heterocycles. The van der Waals surface area contributed by atoms with E-state index in [2.05, 4.69) is 4.99 Å². The van der Waals surface area contributed by atoms with Crippen molar-refractivity contribution in [3.8, 4) is 0 Å². The zero-order valence-corrected chi connectivity index (χ0v) is 13.5. The van der Waals surface area contributed by atoms with Crippen LogP contribution in [0.1, 0.15) is 12.8 Å². The summed E-state index contributed by atoms with van der Waals surface area (Å²) in [5.74, 6) is 0. The van der Waals surface area contributed by atoms with Crippen LogP contribution in [-0.2, 0) is 18.8 Å². The monoisotopic (exact) mass is 335 g/mol. The van der Waals surface area contributed by atoms with Gasteiger partial charge < -0.3 is 13.9 Å². The highest BCUT2D eigenvalue weighted by Gasteiger charge is 2.32. The summed E-state index contributed by atoms with van der Waals surface area (Å²) >= 11 is 0. The van der Waals surface area contributed by atoms with Gasteiger partial charge in [0.05, 0.1) is 10.7 Å². The third-order valence-electron chi connectivity index (χ3n) is 4.49. The third kappa shape index (κ3) is 2.71. The Morgan fingerprint density at radius 1 is 1.29 bits per heavy atom. The summed E-state index contributed by atoms with van der Waals surface area (Å²) in [6.45, 7) is 1.18. The van der Waals surface area contributed by atoms with E-state index in [9.17, 15) is 19.7 Å². The average molecular weight is 335 g/mol. The maximum Gasteiger partial charge on any atom is 0.316 e. The Morgan fingerprint density at radius 3 is 2.54 bits per heavy atom. The summed E-state index contributed by atoms with van der Waals surface area (Å²) in [6.07, 6.45) is 4.89. The molecule has 2 unspecified atom stereocenters. The molecule has 0 spiro atoms. The smallest absolute Gasteiger partial charge is 0.316 e. The number of nitro groups is 1. The minimum Gasteiger partial charge on any atom is -0.372 e. The average Bonchev–Trinajstić information content (AvgIpc) is 3.08. The number of hydrogen-bond donors (Lipinski definition) is 1. The molecule has 1 N–H and O–H groups in total. The summed E-state index contributed by atoms with van der Waals surface area (Å²) in [5.41, 5.74) is -0.991. The molecule has 1 aromatic rings. The molecule has 9 nitrogen and oxygen atoms in total. The van der Waals surface area contributed by atoms with E-state index in [-0.39, 0.29) is 6.10 Å². The largest absolute Gasteiger partial charge is 0.372 e. The van der Waals surface area contributed by atoms with Gasteiger partial charge in [-0.1, -0.05) is 0 Å². The lowest BCUT2D eigenvalue weighted by molar-refractivity contribution is -0.515. The number of nitrogens with zero attached hydrogens (tertiary/aromatic N) is 3. The third-order valence-corrected chi connectivity index (χ3v) is 4.49. The van der Waals surface area contributed by atoms with Crippen LogP contribution >= 0.6 is 0 Å². The Morgan fingerprint density at radius 2 is 1.96 bits per heavy atom. The van der Waals surface area contributed by atoms with Gasteiger partial charge in [0.2, 0.25) is 0 Å². The van der Waals surface area contributed by atoms with E-state index in [0.717, 1.165) is 17.4 Å². The van der Waals surface area contributed by atoms with Crippen LogP contribution in [0.4, 0.5) is 0 Å². The van der Waals surface area contributed by atoms with Crippen LogP contribution in [0.5, 0.6) is 0 Å². The summed E-state index contributed by atoms with van der Waals surface area (Å²) in [4.78, 5) is 37.9. The van der Waals surface area contributed by atoms with Crippen LogP contribution in [0.3, 0.4) is 0 Å². The first-order chi connectivity index (χ1) is 11.4. The topological polar surface area (TPSA) is 110 Å². The molecule has 128 valence electrons. The molecule has 0 saturated carbocycles. The van der Waals surface area contributed by atoms with Crippen molar-refractivity contribution in [1.82, 2.24) is 9.13 Å². The fraction of sp³-hybridized carbons (Fsp3) is 0.533. The zero-order chi connectivity index (χ0) is 17.4. The molecule has 0 radical (unpaired) electrons. The lowest BCUT2D eigenvalue weighted by Gasteiger charge is -2.11. The molecule has 0 aromatic carbocycles. The number of aromatic nitrogens is 2. The van der Waals surface area contributed by atoms with Gasteiger partial charge in [0, 0.05) is 37.8 Å². The number of ether oxygens (including phenoxy) is 1. The molecule has 1 saturated heterocycles. The van der Waals surface area contributed by atoms with Gasteiger partial charge in [-0.15, -0.1) is 0 Å². The van der Waals surface area contributed by atoms with Gasteiger partial charge in [0.1, 0.15) is 6.10 Å². The van der Waals surface area contributed by atoms with E-state index in [1.807, 2.05) is 0 Å². The van der Waals surface area contributed by atoms with Gasteiger partial charge in [-0.05, 0) is 12.8 Å². The molecule has 9 heteroatoms. The minimum atomic E-state index is -1.10. The molecule has 3 rings (SSSR count). The summed E-state index contributed by atoms with van der Waals surface area (Å²) in [7, 11) is 2.92. The van der Waals surface area contributed by atoms with Crippen molar-refractivity contribution in [2.75, 3.05) is 13.2 Å². The van der Waals surface area contributed by atoms with Crippen LogP contribution in [0.2, 0.25) is 0 Å². The maximum absolute atomic E-state index is 12.0. The molecule has 1 fully saturated rings. The Bertz CT molecular complexity index is 950. The van der Waals surface area contributed by atoms with E-state index in [0.29, 0.717) is 29.6 Å². The maximum atomic E-state index is 12.0. The fourth-order valence-corrected chi connectivity index (χ4v) is 3.06. The summed E-state index contributed by atoms with van der Waals surface area (Å²) in [6, 6.07) is -1.10. The highest BCUT2D eigenvalue weighted by Crippen LogP contribution is 2.09. The van der Waals surface area contributed by atoms with E-state index in [1.54, 1.807) is 6.08 Å². The van der Waals surface area contributed by atoms with Gasteiger partial charge in [-0.3, -0.25) is 19.7 Å². The zero-order valence-electron chi connectivity index (χ0n) is 13.5. The second-order valence-corrected chi connectivity index (χ2v) is 6.01. The molecule has 24 heavy (non-hydrogen) atoms. The second kappa shape index (κ2) is 6.16. The fourth-order valence-electron chi connectivity index (χ4n) is 3.06. The summed E-state index contributed by atoms with van der Waals surface area (Å²) < 4.78 is 7.89. The first-order valence-electron chi connectivity index (χ1n) is 7.75. The van der Waals surface area contributed by atoms with Gasteiger partial charge in [0.15, 0.2) is 6.54 Å². The molecule has 0 bridgehead atoms. The molecule has 1 aromatic heterocycles. The standard InChI is InChI=1S/C15H18N4O5/c1-17-12-6-10(16-8-9-4-3-5-24-9)11(19(22)23)7-13(12)18(2)15(21)14(17)20/h6-7,9,11H,3-5,8H2,1-2H3/p+1. The van der Waals surface area contributed by atoms with Gasteiger partial charge in [-0.25, -0.2) is 4.99 Å². The molecule has 2 heterocycles. The van der Waals surface area contributed by atoms with Crippen LogP contribution in [-0.4, -0.2) is 45.1 Å².